The van der Waals surface area contributed by atoms with E-state index in [0.717, 1.165) is 37.9 Å². The second-order valence-corrected chi connectivity index (χ2v) is 6.10. The number of likely N-dealkylation sites (tertiary alicyclic amines) is 1. The maximum Gasteiger partial charge on any atom is 0.248 e. The van der Waals surface area contributed by atoms with Crippen LogP contribution in [0.25, 0.3) is 0 Å². The molecule has 0 radical (unpaired) electrons. The molecule has 1 heterocycles. The monoisotopic (exact) mass is 259 g/mol. The van der Waals surface area contributed by atoms with E-state index in [1.165, 1.54) is 5.56 Å². The standard InChI is InChI=1S/C15H21N3O/c1-18-6-4-15(5-7-18)9-11-3-2-10(14(17)19)8-12(11)13(15)16/h2-3,8,13H,4-7,9,16H2,1H3,(H2,17,19)/t13-/m1/s1. The summed E-state index contributed by atoms with van der Waals surface area (Å²) in [5.74, 6) is -0.376. The van der Waals surface area contributed by atoms with Crippen LogP contribution in [0.15, 0.2) is 18.2 Å². The molecule has 1 aromatic carbocycles. The number of carbonyl (C=O) groups excluding carboxylic acids is 1. The molecule has 4 heteroatoms. The van der Waals surface area contributed by atoms with Crippen LogP contribution in [0, 0.1) is 5.41 Å². The topological polar surface area (TPSA) is 72.3 Å². The molecule has 1 saturated heterocycles. The molecular formula is C15H21N3O. The molecule has 0 unspecified atom stereocenters. The van der Waals surface area contributed by atoms with Crippen molar-refractivity contribution in [3.63, 3.8) is 0 Å². The summed E-state index contributed by atoms with van der Waals surface area (Å²) < 4.78 is 0. The van der Waals surface area contributed by atoms with E-state index in [0.29, 0.717) is 5.56 Å². The highest BCUT2D eigenvalue weighted by atomic mass is 16.1. The van der Waals surface area contributed by atoms with E-state index in [1.807, 2.05) is 18.2 Å². The second kappa shape index (κ2) is 4.32. The van der Waals surface area contributed by atoms with Gasteiger partial charge in [0.15, 0.2) is 0 Å². The molecule has 1 aliphatic heterocycles. The Kier molecular flexibility index (Phi) is 2.87. The van der Waals surface area contributed by atoms with Crippen molar-refractivity contribution in [1.29, 1.82) is 0 Å². The minimum atomic E-state index is -0.376. The first kappa shape index (κ1) is 12.6. The predicted molar refractivity (Wildman–Crippen MR) is 74.8 cm³/mol. The van der Waals surface area contributed by atoms with Gasteiger partial charge in [-0.05, 0) is 68.1 Å². The summed E-state index contributed by atoms with van der Waals surface area (Å²) in [7, 11) is 2.16. The van der Waals surface area contributed by atoms with Gasteiger partial charge in [0, 0.05) is 11.6 Å². The van der Waals surface area contributed by atoms with Crippen molar-refractivity contribution in [2.24, 2.45) is 16.9 Å². The van der Waals surface area contributed by atoms with Gasteiger partial charge in [0.2, 0.25) is 5.91 Å². The highest BCUT2D eigenvalue weighted by molar-refractivity contribution is 5.93. The summed E-state index contributed by atoms with van der Waals surface area (Å²) in [6.45, 7) is 2.20. The van der Waals surface area contributed by atoms with Gasteiger partial charge in [-0.1, -0.05) is 6.07 Å². The second-order valence-electron chi connectivity index (χ2n) is 6.10. The number of piperidine rings is 1. The summed E-state index contributed by atoms with van der Waals surface area (Å²) in [5.41, 5.74) is 15.0. The van der Waals surface area contributed by atoms with Crippen LogP contribution in [0.4, 0.5) is 0 Å². The summed E-state index contributed by atoms with van der Waals surface area (Å²) in [6.07, 6.45) is 3.30. The average molecular weight is 259 g/mol. The fourth-order valence-corrected chi connectivity index (χ4v) is 3.57. The summed E-state index contributed by atoms with van der Waals surface area (Å²) >= 11 is 0. The van der Waals surface area contributed by atoms with Crippen LogP contribution in [0.2, 0.25) is 0 Å². The number of amides is 1. The van der Waals surface area contributed by atoms with Crippen LogP contribution in [-0.4, -0.2) is 30.9 Å². The van der Waals surface area contributed by atoms with E-state index in [9.17, 15) is 4.79 Å². The van der Waals surface area contributed by atoms with E-state index in [2.05, 4.69) is 11.9 Å². The van der Waals surface area contributed by atoms with Crippen LogP contribution in [0.1, 0.15) is 40.4 Å². The van der Waals surface area contributed by atoms with Crippen molar-refractivity contribution in [1.82, 2.24) is 4.90 Å². The first-order chi connectivity index (χ1) is 9.02. The van der Waals surface area contributed by atoms with Crippen molar-refractivity contribution >= 4 is 5.91 Å². The van der Waals surface area contributed by atoms with Gasteiger partial charge in [-0.2, -0.15) is 0 Å². The van der Waals surface area contributed by atoms with Crippen LogP contribution in [0.3, 0.4) is 0 Å². The number of primary amides is 1. The molecular weight excluding hydrogens is 238 g/mol. The number of nitrogens with two attached hydrogens (primary N) is 2. The fourth-order valence-electron chi connectivity index (χ4n) is 3.57. The van der Waals surface area contributed by atoms with Gasteiger partial charge < -0.3 is 16.4 Å². The molecule has 3 rings (SSSR count). The maximum atomic E-state index is 11.3. The molecule has 1 amide bonds. The molecule has 1 spiro atoms. The zero-order valence-electron chi connectivity index (χ0n) is 11.4. The molecule has 1 aromatic rings. The largest absolute Gasteiger partial charge is 0.366 e. The first-order valence-electron chi connectivity index (χ1n) is 6.89. The summed E-state index contributed by atoms with van der Waals surface area (Å²) in [4.78, 5) is 13.6. The molecule has 1 atom stereocenters. The van der Waals surface area contributed by atoms with Crippen molar-refractivity contribution in [2.75, 3.05) is 20.1 Å². The summed E-state index contributed by atoms with van der Waals surface area (Å²) in [5, 5.41) is 0. The Hall–Kier alpha value is -1.39. The van der Waals surface area contributed by atoms with Crippen LogP contribution in [-0.2, 0) is 6.42 Å². The van der Waals surface area contributed by atoms with Gasteiger partial charge in [-0.15, -0.1) is 0 Å². The molecule has 0 saturated carbocycles. The Balaban J connectivity index is 1.93. The molecule has 0 aromatic heterocycles. The zero-order valence-corrected chi connectivity index (χ0v) is 11.4. The van der Waals surface area contributed by atoms with Gasteiger partial charge in [0.05, 0.1) is 0 Å². The fraction of sp³-hybridized carbons (Fsp3) is 0.533. The third kappa shape index (κ3) is 1.95. The minimum Gasteiger partial charge on any atom is -0.366 e. The average Bonchev–Trinajstić information content (AvgIpc) is 2.66. The van der Waals surface area contributed by atoms with Crippen molar-refractivity contribution in [3.8, 4) is 0 Å². The van der Waals surface area contributed by atoms with Gasteiger partial charge in [-0.3, -0.25) is 4.79 Å². The predicted octanol–water partition coefficient (Wildman–Crippen LogP) is 1.05. The Morgan fingerprint density at radius 3 is 2.68 bits per heavy atom. The Labute approximate surface area is 113 Å². The third-order valence-electron chi connectivity index (χ3n) is 4.95. The molecule has 2 aliphatic rings. The van der Waals surface area contributed by atoms with Crippen LogP contribution < -0.4 is 11.5 Å². The van der Waals surface area contributed by atoms with Crippen molar-refractivity contribution < 1.29 is 4.79 Å². The SMILES string of the molecule is CN1CCC2(CC1)Cc1ccc(C(N)=O)cc1[C@H]2N. The zero-order chi connectivity index (χ0) is 13.6. The number of carbonyl (C=O) groups is 1. The van der Waals surface area contributed by atoms with E-state index >= 15 is 0 Å². The lowest BCUT2D eigenvalue weighted by Gasteiger charge is -2.41. The molecule has 4 nitrogen and oxygen atoms in total. The lowest BCUT2D eigenvalue weighted by Crippen LogP contribution is -2.42. The molecule has 4 N–H and O–H groups in total. The highest BCUT2D eigenvalue weighted by Crippen LogP contribution is 2.50. The van der Waals surface area contributed by atoms with Gasteiger partial charge in [-0.25, -0.2) is 0 Å². The van der Waals surface area contributed by atoms with Crippen molar-refractivity contribution in [2.45, 2.75) is 25.3 Å². The minimum absolute atomic E-state index is 0.0375. The van der Waals surface area contributed by atoms with E-state index in [4.69, 9.17) is 11.5 Å². The van der Waals surface area contributed by atoms with Gasteiger partial charge in [0.1, 0.15) is 0 Å². The third-order valence-corrected chi connectivity index (χ3v) is 4.95. The number of hydrogen-bond donors (Lipinski definition) is 2. The van der Waals surface area contributed by atoms with Gasteiger partial charge >= 0.3 is 0 Å². The summed E-state index contributed by atoms with van der Waals surface area (Å²) in [6, 6.07) is 5.79. The number of hydrogen-bond acceptors (Lipinski definition) is 3. The number of benzene rings is 1. The lowest BCUT2D eigenvalue weighted by molar-refractivity contribution is 0.0999. The number of nitrogens with zero attached hydrogens (tertiary/aromatic N) is 1. The molecule has 0 bridgehead atoms. The number of rotatable bonds is 1. The first-order valence-corrected chi connectivity index (χ1v) is 6.89. The highest BCUT2D eigenvalue weighted by Gasteiger charge is 2.45. The van der Waals surface area contributed by atoms with Crippen LogP contribution >= 0.6 is 0 Å². The normalized spacial score (nSPS) is 25.5. The smallest absolute Gasteiger partial charge is 0.248 e. The van der Waals surface area contributed by atoms with E-state index in [-0.39, 0.29) is 17.4 Å². The molecule has 1 aliphatic carbocycles. The van der Waals surface area contributed by atoms with E-state index < -0.39 is 0 Å². The van der Waals surface area contributed by atoms with Crippen LogP contribution in [0.5, 0.6) is 0 Å². The Morgan fingerprint density at radius 1 is 1.37 bits per heavy atom. The van der Waals surface area contributed by atoms with E-state index in [1.54, 1.807) is 0 Å². The lowest BCUT2D eigenvalue weighted by atomic mass is 9.73. The quantitative estimate of drug-likeness (QED) is 0.792. The molecule has 102 valence electrons. The van der Waals surface area contributed by atoms with Crippen molar-refractivity contribution in [3.05, 3.63) is 34.9 Å². The number of fused-ring (bicyclic) bond motifs is 1. The van der Waals surface area contributed by atoms with Gasteiger partial charge in [0.25, 0.3) is 0 Å². The molecule has 1 fully saturated rings. The Morgan fingerprint density at radius 2 is 2.05 bits per heavy atom. The molecule has 19 heavy (non-hydrogen) atoms. The maximum absolute atomic E-state index is 11.3. The Bertz CT molecular complexity index is 518.